The SMILES string of the molecule is Cl.Cl.Cn1cncc1C(C)(N)c1ccc(C#N)c(F)c1. The predicted octanol–water partition coefficient (Wildman–Crippen LogP) is 2.50. The lowest BCUT2D eigenvalue weighted by molar-refractivity contribution is 0.544. The van der Waals surface area contributed by atoms with Gasteiger partial charge in [-0.1, -0.05) is 6.07 Å². The molecular weight excluding hydrogens is 302 g/mol. The molecule has 1 atom stereocenters. The van der Waals surface area contributed by atoms with Gasteiger partial charge in [-0.15, -0.1) is 24.8 Å². The zero-order valence-electron chi connectivity index (χ0n) is 11.0. The van der Waals surface area contributed by atoms with Gasteiger partial charge in [-0.2, -0.15) is 5.26 Å². The summed E-state index contributed by atoms with van der Waals surface area (Å²) in [6, 6.07) is 6.18. The largest absolute Gasteiger partial charge is 0.336 e. The quantitative estimate of drug-likeness (QED) is 0.925. The van der Waals surface area contributed by atoms with E-state index in [2.05, 4.69) is 4.98 Å². The summed E-state index contributed by atoms with van der Waals surface area (Å²) < 4.78 is 15.4. The van der Waals surface area contributed by atoms with Gasteiger partial charge in [0.25, 0.3) is 0 Å². The molecule has 0 saturated carbocycles. The number of imidazole rings is 1. The van der Waals surface area contributed by atoms with Crippen LogP contribution < -0.4 is 5.73 Å². The number of nitrogens with zero attached hydrogens (tertiary/aromatic N) is 3. The molecular formula is C13H15Cl2FN4. The third-order valence-electron chi connectivity index (χ3n) is 3.04. The average Bonchev–Trinajstić information content (AvgIpc) is 2.76. The van der Waals surface area contributed by atoms with Gasteiger partial charge in [0, 0.05) is 7.05 Å². The molecule has 0 bridgehead atoms. The number of benzene rings is 1. The van der Waals surface area contributed by atoms with E-state index in [4.69, 9.17) is 11.0 Å². The number of halogens is 3. The van der Waals surface area contributed by atoms with Crippen molar-refractivity contribution >= 4 is 24.8 Å². The third-order valence-corrected chi connectivity index (χ3v) is 3.04. The Kier molecular flexibility index (Phi) is 6.17. The second-order valence-corrected chi connectivity index (χ2v) is 4.40. The van der Waals surface area contributed by atoms with Crippen LogP contribution in [0.15, 0.2) is 30.7 Å². The molecule has 1 heterocycles. The van der Waals surface area contributed by atoms with E-state index in [0.29, 0.717) is 5.56 Å². The Morgan fingerprint density at radius 1 is 1.40 bits per heavy atom. The van der Waals surface area contributed by atoms with Crippen LogP contribution in [0.4, 0.5) is 4.39 Å². The zero-order valence-corrected chi connectivity index (χ0v) is 12.6. The Balaban J connectivity index is 0.00000180. The summed E-state index contributed by atoms with van der Waals surface area (Å²) in [6.07, 6.45) is 3.29. The maximum Gasteiger partial charge on any atom is 0.141 e. The fourth-order valence-corrected chi connectivity index (χ4v) is 1.93. The fourth-order valence-electron chi connectivity index (χ4n) is 1.93. The van der Waals surface area contributed by atoms with Crippen LogP contribution in [0.1, 0.15) is 23.7 Å². The molecule has 7 heteroatoms. The number of nitrogens with two attached hydrogens (primary N) is 1. The van der Waals surface area contributed by atoms with E-state index in [1.807, 2.05) is 7.05 Å². The normalized spacial score (nSPS) is 12.6. The highest BCUT2D eigenvalue weighted by Gasteiger charge is 2.27. The number of hydrogen-bond acceptors (Lipinski definition) is 3. The van der Waals surface area contributed by atoms with Crippen LogP contribution in [0.5, 0.6) is 0 Å². The summed E-state index contributed by atoms with van der Waals surface area (Å²) >= 11 is 0. The third kappa shape index (κ3) is 3.10. The first-order valence-corrected chi connectivity index (χ1v) is 5.42. The number of aromatic nitrogens is 2. The summed E-state index contributed by atoms with van der Waals surface area (Å²) in [6.45, 7) is 1.78. The summed E-state index contributed by atoms with van der Waals surface area (Å²) in [5.41, 5.74) is 6.78. The minimum Gasteiger partial charge on any atom is -0.336 e. The van der Waals surface area contributed by atoms with Gasteiger partial charge in [-0.3, -0.25) is 0 Å². The van der Waals surface area contributed by atoms with Gasteiger partial charge in [-0.05, 0) is 24.6 Å². The molecule has 0 aliphatic heterocycles. The minimum absolute atomic E-state index is 0. The lowest BCUT2D eigenvalue weighted by Crippen LogP contribution is -2.36. The van der Waals surface area contributed by atoms with Gasteiger partial charge in [0.15, 0.2) is 0 Å². The van der Waals surface area contributed by atoms with Gasteiger partial charge in [0.2, 0.25) is 0 Å². The molecule has 2 rings (SSSR count). The van der Waals surface area contributed by atoms with Gasteiger partial charge in [-0.25, -0.2) is 9.37 Å². The molecule has 0 radical (unpaired) electrons. The summed E-state index contributed by atoms with van der Waals surface area (Å²) in [7, 11) is 1.83. The lowest BCUT2D eigenvalue weighted by atomic mass is 9.89. The van der Waals surface area contributed by atoms with Crippen molar-refractivity contribution in [1.82, 2.24) is 9.55 Å². The maximum absolute atomic E-state index is 13.6. The summed E-state index contributed by atoms with van der Waals surface area (Å²) in [4.78, 5) is 4.01. The summed E-state index contributed by atoms with van der Waals surface area (Å²) in [5.74, 6) is -0.561. The van der Waals surface area contributed by atoms with E-state index in [1.54, 1.807) is 36.2 Å². The van der Waals surface area contributed by atoms with Crippen molar-refractivity contribution in [3.05, 3.63) is 53.4 Å². The van der Waals surface area contributed by atoms with Crippen molar-refractivity contribution in [3.8, 4) is 6.07 Å². The van der Waals surface area contributed by atoms with Crippen LogP contribution in [0.3, 0.4) is 0 Å². The second-order valence-electron chi connectivity index (χ2n) is 4.40. The molecule has 0 amide bonds. The monoisotopic (exact) mass is 316 g/mol. The van der Waals surface area contributed by atoms with Crippen molar-refractivity contribution in [2.24, 2.45) is 12.8 Å². The molecule has 0 fully saturated rings. The van der Waals surface area contributed by atoms with Crippen LogP contribution in [-0.2, 0) is 12.6 Å². The smallest absolute Gasteiger partial charge is 0.141 e. The van der Waals surface area contributed by atoms with E-state index >= 15 is 0 Å². The number of rotatable bonds is 2. The number of hydrogen-bond donors (Lipinski definition) is 1. The Morgan fingerprint density at radius 3 is 2.50 bits per heavy atom. The molecule has 0 aliphatic rings. The minimum atomic E-state index is -0.861. The zero-order chi connectivity index (χ0) is 13.3. The standard InChI is InChI=1S/C13H13FN4.2ClH/c1-13(16,12-7-17-8-18(12)2)10-4-3-9(6-15)11(14)5-10;;/h3-5,7-8H,16H2,1-2H3;2*1H. The summed E-state index contributed by atoms with van der Waals surface area (Å²) in [5, 5.41) is 8.70. The van der Waals surface area contributed by atoms with E-state index in [-0.39, 0.29) is 30.4 Å². The van der Waals surface area contributed by atoms with Crippen LogP contribution in [0, 0.1) is 17.1 Å². The van der Waals surface area contributed by atoms with Crippen LogP contribution in [-0.4, -0.2) is 9.55 Å². The lowest BCUT2D eigenvalue weighted by Gasteiger charge is -2.25. The highest BCUT2D eigenvalue weighted by Crippen LogP contribution is 2.27. The van der Waals surface area contributed by atoms with Gasteiger partial charge in [0.05, 0.1) is 29.3 Å². The Morgan fingerprint density at radius 2 is 2.05 bits per heavy atom. The molecule has 0 saturated heterocycles. The molecule has 1 unspecified atom stereocenters. The Hall–Kier alpha value is -1.61. The Labute approximate surface area is 129 Å². The molecule has 2 aromatic rings. The maximum atomic E-state index is 13.6. The molecule has 4 nitrogen and oxygen atoms in total. The Bertz CT molecular complexity index is 632. The number of nitriles is 1. The van der Waals surface area contributed by atoms with Crippen molar-refractivity contribution in [3.63, 3.8) is 0 Å². The van der Waals surface area contributed by atoms with Crippen molar-refractivity contribution in [1.29, 1.82) is 5.26 Å². The van der Waals surface area contributed by atoms with Gasteiger partial charge >= 0.3 is 0 Å². The highest BCUT2D eigenvalue weighted by molar-refractivity contribution is 5.85. The fraction of sp³-hybridized carbons (Fsp3) is 0.231. The molecule has 2 N–H and O–H groups in total. The highest BCUT2D eigenvalue weighted by atomic mass is 35.5. The van der Waals surface area contributed by atoms with Gasteiger partial charge < -0.3 is 10.3 Å². The van der Waals surface area contributed by atoms with Crippen LogP contribution in [0.25, 0.3) is 0 Å². The van der Waals surface area contributed by atoms with E-state index in [0.717, 1.165) is 5.69 Å². The van der Waals surface area contributed by atoms with Gasteiger partial charge in [0.1, 0.15) is 11.9 Å². The van der Waals surface area contributed by atoms with E-state index in [9.17, 15) is 4.39 Å². The van der Waals surface area contributed by atoms with E-state index < -0.39 is 11.4 Å². The molecule has 1 aromatic heterocycles. The van der Waals surface area contributed by atoms with E-state index in [1.165, 1.54) is 12.1 Å². The second kappa shape index (κ2) is 6.71. The molecule has 108 valence electrons. The topological polar surface area (TPSA) is 67.6 Å². The van der Waals surface area contributed by atoms with Crippen molar-refractivity contribution < 1.29 is 4.39 Å². The first-order chi connectivity index (χ1) is 8.46. The van der Waals surface area contributed by atoms with Crippen LogP contribution in [0.2, 0.25) is 0 Å². The first-order valence-electron chi connectivity index (χ1n) is 5.42. The molecule has 1 aromatic carbocycles. The molecule has 0 aliphatic carbocycles. The van der Waals surface area contributed by atoms with Crippen molar-refractivity contribution in [2.45, 2.75) is 12.5 Å². The predicted molar refractivity (Wildman–Crippen MR) is 79.5 cm³/mol. The van der Waals surface area contributed by atoms with Crippen LogP contribution >= 0.6 is 24.8 Å². The molecule has 0 spiro atoms. The van der Waals surface area contributed by atoms with Crippen molar-refractivity contribution in [2.75, 3.05) is 0 Å². The number of aryl methyl sites for hydroxylation is 1. The molecule has 20 heavy (non-hydrogen) atoms. The average molecular weight is 317 g/mol. The first kappa shape index (κ1) is 18.4.